The van der Waals surface area contributed by atoms with Gasteiger partial charge in [0.2, 0.25) is 0 Å². The highest BCUT2D eigenvalue weighted by Gasteiger charge is 2.23. The fourth-order valence-electron chi connectivity index (χ4n) is 4.03. The van der Waals surface area contributed by atoms with Gasteiger partial charge in [-0.2, -0.15) is 0 Å². The molecule has 0 spiro atoms. The standard InChI is InChI=1S/C20H34/c1-15(2)12-18-9-8-17-6-5-7-19(14-18)20(11-10-17)13-16(3)4/h9,11,15-17,19H,5-8,10,12-14H2,1-4H3/b18-9-,20-11-/t17-,19+/m1/s1. The zero-order chi connectivity index (χ0) is 14.5. The van der Waals surface area contributed by atoms with Gasteiger partial charge in [-0.1, -0.05) is 57.4 Å². The highest BCUT2D eigenvalue weighted by Crippen LogP contribution is 2.38. The van der Waals surface area contributed by atoms with Gasteiger partial charge in [-0.25, -0.2) is 0 Å². The maximum absolute atomic E-state index is 2.64. The Hall–Kier alpha value is -0.520. The van der Waals surface area contributed by atoms with Crippen LogP contribution in [0.2, 0.25) is 0 Å². The lowest BCUT2D eigenvalue weighted by Gasteiger charge is -2.26. The van der Waals surface area contributed by atoms with E-state index in [1.807, 2.05) is 0 Å². The van der Waals surface area contributed by atoms with Crippen LogP contribution >= 0.6 is 0 Å². The summed E-state index contributed by atoms with van der Waals surface area (Å²) < 4.78 is 0. The Bertz CT molecular complexity index is 356. The average Bonchev–Trinajstić information content (AvgIpc) is 2.47. The Morgan fingerprint density at radius 1 is 0.950 bits per heavy atom. The van der Waals surface area contributed by atoms with Crippen LogP contribution < -0.4 is 0 Å². The van der Waals surface area contributed by atoms with Gasteiger partial charge in [-0.3, -0.25) is 0 Å². The predicted molar refractivity (Wildman–Crippen MR) is 89.8 cm³/mol. The van der Waals surface area contributed by atoms with Crippen molar-refractivity contribution in [3.8, 4) is 0 Å². The predicted octanol–water partition coefficient (Wildman–Crippen LogP) is 6.53. The monoisotopic (exact) mass is 274 g/mol. The highest BCUT2D eigenvalue weighted by atomic mass is 14.3. The molecule has 0 aliphatic heterocycles. The van der Waals surface area contributed by atoms with E-state index in [9.17, 15) is 0 Å². The van der Waals surface area contributed by atoms with Crippen LogP contribution in [0.15, 0.2) is 23.3 Å². The van der Waals surface area contributed by atoms with Crippen molar-refractivity contribution in [2.24, 2.45) is 23.7 Å². The van der Waals surface area contributed by atoms with Gasteiger partial charge < -0.3 is 0 Å². The molecule has 0 radical (unpaired) electrons. The number of hydrogen-bond acceptors (Lipinski definition) is 0. The van der Waals surface area contributed by atoms with Crippen LogP contribution in [-0.4, -0.2) is 0 Å². The molecule has 0 unspecified atom stereocenters. The van der Waals surface area contributed by atoms with Crippen molar-refractivity contribution >= 4 is 0 Å². The molecule has 2 atom stereocenters. The smallest absolute Gasteiger partial charge is 0.0166 e. The van der Waals surface area contributed by atoms with Gasteiger partial charge in [0.1, 0.15) is 0 Å². The van der Waals surface area contributed by atoms with Crippen molar-refractivity contribution < 1.29 is 0 Å². The maximum atomic E-state index is 2.64. The molecule has 114 valence electrons. The minimum atomic E-state index is 0.805. The summed E-state index contributed by atoms with van der Waals surface area (Å²) in [6.45, 7) is 9.48. The van der Waals surface area contributed by atoms with E-state index in [0.717, 1.165) is 23.7 Å². The summed E-state index contributed by atoms with van der Waals surface area (Å²) >= 11 is 0. The molecular weight excluding hydrogens is 240 g/mol. The van der Waals surface area contributed by atoms with E-state index in [2.05, 4.69) is 39.8 Å². The van der Waals surface area contributed by atoms with Crippen molar-refractivity contribution in [1.29, 1.82) is 0 Å². The third kappa shape index (κ3) is 4.79. The number of allylic oxidation sites excluding steroid dienone is 4. The average molecular weight is 274 g/mol. The summed E-state index contributed by atoms with van der Waals surface area (Å²) in [6, 6.07) is 0. The van der Waals surface area contributed by atoms with Gasteiger partial charge in [0.25, 0.3) is 0 Å². The van der Waals surface area contributed by atoms with Gasteiger partial charge in [0.05, 0.1) is 0 Å². The van der Waals surface area contributed by atoms with E-state index in [4.69, 9.17) is 0 Å². The summed E-state index contributed by atoms with van der Waals surface area (Å²) in [4.78, 5) is 0. The zero-order valence-electron chi connectivity index (χ0n) is 14.1. The van der Waals surface area contributed by atoms with Crippen LogP contribution in [0.3, 0.4) is 0 Å². The summed E-state index contributed by atoms with van der Waals surface area (Å²) in [7, 11) is 0. The van der Waals surface area contributed by atoms with E-state index in [1.54, 1.807) is 11.1 Å². The van der Waals surface area contributed by atoms with Crippen LogP contribution in [-0.2, 0) is 0 Å². The lowest BCUT2D eigenvalue weighted by atomic mass is 9.80. The van der Waals surface area contributed by atoms with E-state index in [0.29, 0.717) is 0 Å². The molecule has 2 bridgehead atoms. The maximum Gasteiger partial charge on any atom is -0.0166 e. The van der Waals surface area contributed by atoms with E-state index >= 15 is 0 Å². The molecule has 3 aliphatic carbocycles. The largest absolute Gasteiger partial charge is 0.0850 e. The Morgan fingerprint density at radius 3 is 2.35 bits per heavy atom. The zero-order valence-corrected chi connectivity index (χ0v) is 14.1. The third-order valence-corrected chi connectivity index (χ3v) is 4.97. The summed E-state index contributed by atoms with van der Waals surface area (Å²) in [5, 5.41) is 0. The second-order valence-corrected chi connectivity index (χ2v) is 8.01. The van der Waals surface area contributed by atoms with Crippen LogP contribution in [0.25, 0.3) is 0 Å². The Balaban J connectivity index is 2.18. The SMILES string of the molecule is CC(C)C/C1=C/C[C@@H]2C/C=C(/CC(C)C)[C@@H](CCC2)C1. The second-order valence-electron chi connectivity index (χ2n) is 8.01. The fraction of sp³-hybridized carbons (Fsp3) is 0.800. The first-order chi connectivity index (χ1) is 9.54. The van der Waals surface area contributed by atoms with Gasteiger partial charge in [0, 0.05) is 0 Å². The Labute approximate surface area is 126 Å². The molecule has 3 aliphatic rings. The van der Waals surface area contributed by atoms with E-state index in [-0.39, 0.29) is 0 Å². The molecule has 0 heteroatoms. The topological polar surface area (TPSA) is 0 Å². The Kier molecular flexibility index (Phi) is 5.93. The minimum Gasteiger partial charge on any atom is -0.0850 e. The molecular formula is C20H34. The van der Waals surface area contributed by atoms with Gasteiger partial charge in [-0.05, 0) is 68.6 Å². The van der Waals surface area contributed by atoms with E-state index < -0.39 is 0 Å². The third-order valence-electron chi connectivity index (χ3n) is 4.97. The Morgan fingerprint density at radius 2 is 1.65 bits per heavy atom. The molecule has 0 nitrogen and oxygen atoms in total. The molecule has 0 saturated carbocycles. The molecule has 0 aromatic heterocycles. The fourth-order valence-corrected chi connectivity index (χ4v) is 4.03. The number of hydrogen-bond donors (Lipinski definition) is 0. The molecule has 0 fully saturated rings. The van der Waals surface area contributed by atoms with Crippen molar-refractivity contribution in [3.05, 3.63) is 23.3 Å². The molecule has 20 heavy (non-hydrogen) atoms. The van der Waals surface area contributed by atoms with Crippen LogP contribution in [0, 0.1) is 23.7 Å². The van der Waals surface area contributed by atoms with Gasteiger partial charge in [0.15, 0.2) is 0 Å². The van der Waals surface area contributed by atoms with Crippen molar-refractivity contribution in [2.75, 3.05) is 0 Å². The second kappa shape index (κ2) is 7.48. The number of rotatable bonds is 4. The number of fused-ring (bicyclic) bond motifs is 5. The minimum absolute atomic E-state index is 0.805. The summed E-state index contributed by atoms with van der Waals surface area (Å²) in [6.07, 6.45) is 16.3. The summed E-state index contributed by atoms with van der Waals surface area (Å²) in [5.74, 6) is 3.37. The molecule has 3 rings (SSSR count). The highest BCUT2D eigenvalue weighted by molar-refractivity contribution is 5.17. The normalized spacial score (nSPS) is 32.9. The van der Waals surface area contributed by atoms with Crippen LogP contribution in [0.1, 0.15) is 79.1 Å². The molecule has 0 amide bonds. The van der Waals surface area contributed by atoms with Crippen molar-refractivity contribution in [1.82, 2.24) is 0 Å². The van der Waals surface area contributed by atoms with Crippen molar-refractivity contribution in [3.63, 3.8) is 0 Å². The first kappa shape index (κ1) is 15.9. The van der Waals surface area contributed by atoms with Crippen molar-refractivity contribution in [2.45, 2.75) is 79.1 Å². The van der Waals surface area contributed by atoms with Crippen LogP contribution in [0.4, 0.5) is 0 Å². The molecule has 0 saturated heterocycles. The first-order valence-electron chi connectivity index (χ1n) is 8.91. The van der Waals surface area contributed by atoms with Gasteiger partial charge >= 0.3 is 0 Å². The molecule has 0 N–H and O–H groups in total. The quantitative estimate of drug-likeness (QED) is 0.511. The van der Waals surface area contributed by atoms with Gasteiger partial charge in [-0.15, -0.1) is 0 Å². The lowest BCUT2D eigenvalue weighted by Crippen LogP contribution is -2.11. The summed E-state index contributed by atoms with van der Waals surface area (Å²) in [5.41, 5.74) is 3.55. The first-order valence-corrected chi connectivity index (χ1v) is 8.91. The van der Waals surface area contributed by atoms with Crippen LogP contribution in [0.5, 0.6) is 0 Å². The molecule has 0 heterocycles. The van der Waals surface area contributed by atoms with E-state index in [1.165, 1.54) is 51.4 Å². The lowest BCUT2D eigenvalue weighted by molar-refractivity contribution is 0.408. The molecule has 0 aromatic rings. The molecule has 0 aromatic carbocycles.